The van der Waals surface area contributed by atoms with Crippen LogP contribution in [0, 0.1) is 5.82 Å². The molecule has 1 N–H and O–H groups in total. The van der Waals surface area contributed by atoms with Crippen molar-refractivity contribution in [2.45, 2.75) is 64.3 Å². The van der Waals surface area contributed by atoms with Crippen molar-refractivity contribution in [3.63, 3.8) is 0 Å². The predicted molar refractivity (Wildman–Crippen MR) is 155 cm³/mol. The third-order valence-corrected chi connectivity index (χ3v) is 7.73. The Morgan fingerprint density at radius 3 is 2.70 bits per heavy atom. The van der Waals surface area contributed by atoms with E-state index >= 15 is 0 Å². The minimum Gasteiger partial charge on any atom is -0.493 e. The lowest BCUT2D eigenvalue weighted by Gasteiger charge is -2.28. The molecule has 3 aromatic rings. The molecule has 40 heavy (non-hydrogen) atoms. The number of unbranched alkanes of at least 4 members (excludes halogenated alkanes) is 2. The fourth-order valence-electron chi connectivity index (χ4n) is 4.25. The Morgan fingerprint density at radius 2 is 1.98 bits per heavy atom. The van der Waals surface area contributed by atoms with Gasteiger partial charge in [-0.05, 0) is 49.6 Å². The Labute approximate surface area is 243 Å². The van der Waals surface area contributed by atoms with E-state index in [1.165, 1.54) is 13.2 Å². The number of methoxy groups -OCH3 is 1. The summed E-state index contributed by atoms with van der Waals surface area (Å²) in [7, 11) is 1.52. The maximum atomic E-state index is 14.3. The number of halogens is 2. The van der Waals surface area contributed by atoms with Crippen molar-refractivity contribution in [1.82, 2.24) is 14.8 Å². The smallest absolute Gasteiger partial charge is 0.338 e. The van der Waals surface area contributed by atoms with Crippen molar-refractivity contribution in [3.8, 4) is 11.5 Å². The molecule has 1 atom stereocenters. The van der Waals surface area contributed by atoms with Crippen LogP contribution >= 0.6 is 23.4 Å². The topological polar surface area (TPSA) is 87.5 Å². The van der Waals surface area contributed by atoms with Crippen LogP contribution in [0.15, 0.2) is 52.8 Å². The molecule has 1 aliphatic rings. The quantitative estimate of drug-likeness (QED) is 0.128. The number of anilines is 1. The van der Waals surface area contributed by atoms with E-state index in [1.807, 2.05) is 19.9 Å². The van der Waals surface area contributed by atoms with Gasteiger partial charge in [0.15, 0.2) is 11.5 Å². The fraction of sp³-hybridized carbons (Fsp3) is 0.414. The summed E-state index contributed by atoms with van der Waals surface area (Å²) in [4.78, 5) is 18.0. The Balaban J connectivity index is 1.69. The molecule has 1 unspecified atom stereocenters. The molecule has 0 spiro atoms. The van der Waals surface area contributed by atoms with Gasteiger partial charge in [0.25, 0.3) is 0 Å². The van der Waals surface area contributed by atoms with Gasteiger partial charge in [0, 0.05) is 17.0 Å². The number of carbonyl (C=O) groups is 1. The van der Waals surface area contributed by atoms with Gasteiger partial charge in [-0.3, -0.25) is 0 Å². The average molecular weight is 589 g/mol. The van der Waals surface area contributed by atoms with Crippen LogP contribution in [0.5, 0.6) is 11.5 Å². The number of carbonyl (C=O) groups excluding carboxylic acids is 1. The van der Waals surface area contributed by atoms with E-state index in [1.54, 1.807) is 40.7 Å². The molecule has 214 valence electrons. The van der Waals surface area contributed by atoms with E-state index < -0.39 is 17.8 Å². The SMILES string of the molecule is CCCCOC(=O)C1=C(C)Nc2nc(SCCCC)nn2C1c1ccc(OCc2c(F)cccc2Cl)c(OC)c1. The van der Waals surface area contributed by atoms with Gasteiger partial charge in [-0.15, -0.1) is 5.10 Å². The van der Waals surface area contributed by atoms with E-state index in [4.69, 9.17) is 30.9 Å². The fourth-order valence-corrected chi connectivity index (χ4v) is 5.38. The van der Waals surface area contributed by atoms with E-state index in [2.05, 4.69) is 17.2 Å². The first kappa shape index (κ1) is 29.7. The maximum Gasteiger partial charge on any atom is 0.338 e. The van der Waals surface area contributed by atoms with Crippen molar-refractivity contribution in [2.24, 2.45) is 0 Å². The number of ether oxygens (including phenoxy) is 3. The molecule has 0 amide bonds. The summed E-state index contributed by atoms with van der Waals surface area (Å²) >= 11 is 7.74. The number of benzene rings is 2. The van der Waals surface area contributed by atoms with Crippen molar-refractivity contribution in [3.05, 3.63) is 69.6 Å². The van der Waals surface area contributed by atoms with Crippen LogP contribution in [0.1, 0.15) is 63.6 Å². The largest absolute Gasteiger partial charge is 0.493 e. The summed E-state index contributed by atoms with van der Waals surface area (Å²) in [5.74, 6) is 1.39. The summed E-state index contributed by atoms with van der Waals surface area (Å²) in [6, 6.07) is 9.23. The summed E-state index contributed by atoms with van der Waals surface area (Å²) in [5, 5.41) is 8.89. The van der Waals surface area contributed by atoms with Crippen molar-refractivity contribution in [2.75, 3.05) is 24.8 Å². The number of nitrogens with zero attached hydrogens (tertiary/aromatic N) is 3. The zero-order valence-corrected chi connectivity index (χ0v) is 24.7. The van der Waals surface area contributed by atoms with Gasteiger partial charge < -0.3 is 19.5 Å². The first-order valence-corrected chi connectivity index (χ1v) is 14.7. The molecular weight excluding hydrogens is 555 g/mol. The van der Waals surface area contributed by atoms with Crippen LogP contribution < -0.4 is 14.8 Å². The summed E-state index contributed by atoms with van der Waals surface area (Å²) in [5.41, 5.74) is 2.06. The number of nitrogens with one attached hydrogen (secondary N) is 1. The van der Waals surface area contributed by atoms with Crippen LogP contribution in [-0.4, -0.2) is 40.2 Å². The van der Waals surface area contributed by atoms with Gasteiger partial charge in [-0.2, -0.15) is 4.98 Å². The zero-order chi connectivity index (χ0) is 28.6. The lowest BCUT2D eigenvalue weighted by atomic mass is 9.95. The van der Waals surface area contributed by atoms with Crippen LogP contribution in [0.25, 0.3) is 0 Å². The van der Waals surface area contributed by atoms with Crippen molar-refractivity contribution < 1.29 is 23.4 Å². The number of allylic oxidation sites excluding steroid dienone is 1. The van der Waals surface area contributed by atoms with Crippen LogP contribution in [0.3, 0.4) is 0 Å². The number of esters is 1. The molecular formula is C29H34ClFN4O4S. The number of hydrogen-bond donors (Lipinski definition) is 1. The molecule has 1 aliphatic heterocycles. The molecule has 0 bridgehead atoms. The predicted octanol–water partition coefficient (Wildman–Crippen LogP) is 7.18. The van der Waals surface area contributed by atoms with E-state index in [0.717, 1.165) is 37.0 Å². The lowest BCUT2D eigenvalue weighted by molar-refractivity contribution is -0.139. The molecule has 8 nitrogen and oxygen atoms in total. The molecule has 11 heteroatoms. The molecule has 0 saturated heterocycles. The van der Waals surface area contributed by atoms with Crippen LogP contribution in [0.2, 0.25) is 5.02 Å². The third-order valence-electron chi connectivity index (χ3n) is 6.45. The maximum absolute atomic E-state index is 14.3. The Kier molecular flexibility index (Phi) is 10.3. The minimum absolute atomic E-state index is 0.0753. The monoisotopic (exact) mass is 588 g/mol. The van der Waals surface area contributed by atoms with Gasteiger partial charge in [0.1, 0.15) is 18.5 Å². The molecule has 0 aliphatic carbocycles. The summed E-state index contributed by atoms with van der Waals surface area (Å²) < 4.78 is 33.2. The first-order chi connectivity index (χ1) is 19.4. The van der Waals surface area contributed by atoms with Gasteiger partial charge in [-0.1, -0.05) is 62.2 Å². The minimum atomic E-state index is -0.609. The Hall–Kier alpha value is -3.24. The number of rotatable bonds is 13. The molecule has 0 radical (unpaired) electrons. The van der Waals surface area contributed by atoms with E-state index in [9.17, 15) is 9.18 Å². The highest BCUT2D eigenvalue weighted by atomic mass is 35.5. The highest BCUT2D eigenvalue weighted by molar-refractivity contribution is 7.99. The van der Waals surface area contributed by atoms with Crippen molar-refractivity contribution in [1.29, 1.82) is 0 Å². The molecule has 1 aromatic heterocycles. The number of aromatic nitrogens is 3. The van der Waals surface area contributed by atoms with Crippen molar-refractivity contribution >= 4 is 35.3 Å². The second-order valence-corrected chi connectivity index (χ2v) is 10.8. The van der Waals surface area contributed by atoms with Gasteiger partial charge in [0.2, 0.25) is 11.1 Å². The molecule has 0 saturated carbocycles. The average Bonchev–Trinajstić information content (AvgIpc) is 3.34. The standard InChI is InChI=1S/C29H34ClFN4O4S/c1-5-7-14-38-27(36)25-18(3)32-28-33-29(40-15-8-6-2)34-35(28)26(25)19-12-13-23(24(16-19)37-4)39-17-20-21(30)10-9-11-22(20)31/h9-13,16,26H,5-8,14-15,17H2,1-4H3,(H,32,33,34). The first-order valence-electron chi connectivity index (χ1n) is 13.4. The molecule has 0 fully saturated rings. The summed E-state index contributed by atoms with van der Waals surface area (Å²) in [6.07, 6.45) is 3.81. The van der Waals surface area contributed by atoms with Crippen LogP contribution in [0.4, 0.5) is 10.3 Å². The van der Waals surface area contributed by atoms with Gasteiger partial charge >= 0.3 is 5.97 Å². The second-order valence-electron chi connectivity index (χ2n) is 9.32. The second kappa shape index (κ2) is 13.9. The number of fused-ring (bicyclic) bond motifs is 1. The van der Waals surface area contributed by atoms with E-state index in [-0.39, 0.29) is 17.2 Å². The zero-order valence-electron chi connectivity index (χ0n) is 23.1. The van der Waals surface area contributed by atoms with Gasteiger partial charge in [0.05, 0.1) is 24.3 Å². The van der Waals surface area contributed by atoms with E-state index in [0.29, 0.717) is 40.5 Å². The lowest BCUT2D eigenvalue weighted by Crippen LogP contribution is -2.29. The molecule has 2 aromatic carbocycles. The highest BCUT2D eigenvalue weighted by Gasteiger charge is 2.35. The normalized spacial score (nSPS) is 14.5. The summed E-state index contributed by atoms with van der Waals surface area (Å²) in [6.45, 7) is 6.26. The Morgan fingerprint density at radius 1 is 1.18 bits per heavy atom. The van der Waals surface area contributed by atoms with Gasteiger partial charge in [-0.25, -0.2) is 13.9 Å². The highest BCUT2D eigenvalue weighted by Crippen LogP contribution is 2.40. The van der Waals surface area contributed by atoms with Crippen LogP contribution in [-0.2, 0) is 16.1 Å². The number of hydrogen-bond acceptors (Lipinski definition) is 8. The molecule has 2 heterocycles. The molecule has 4 rings (SSSR count). The number of thioether (sulfide) groups is 1. The third kappa shape index (κ3) is 6.72. The Bertz CT molecular complexity index is 1360.